The van der Waals surface area contributed by atoms with Crippen LogP contribution in [-0.2, 0) is 28.8 Å². The largest absolute Gasteiger partial charge is 0.493 e. The van der Waals surface area contributed by atoms with E-state index in [0.29, 0.717) is 75.5 Å². The summed E-state index contributed by atoms with van der Waals surface area (Å²) in [5.41, 5.74) is 1.99. The summed E-state index contributed by atoms with van der Waals surface area (Å²) in [4.78, 5) is 89.0. The molecule has 5 heterocycles. The van der Waals surface area contributed by atoms with E-state index in [1.807, 2.05) is 99.9 Å². The molecule has 10 aliphatic rings. The van der Waals surface area contributed by atoms with Crippen LogP contribution < -0.4 is 41.4 Å². The lowest BCUT2D eigenvalue weighted by atomic mass is 9.79. The first-order valence-electron chi connectivity index (χ1n) is 32.2. The number of nitrogens with zero attached hydrogens (tertiary/aromatic N) is 3. The maximum Gasteiger partial charge on any atom is 0.246 e. The highest BCUT2D eigenvalue weighted by Gasteiger charge is 2.59. The van der Waals surface area contributed by atoms with E-state index in [4.69, 9.17) is 9.47 Å². The Morgan fingerprint density at radius 3 is 1.49 bits per heavy atom. The molecule has 17 heteroatoms. The lowest BCUT2D eigenvalue weighted by molar-refractivity contribution is -0.150. The van der Waals surface area contributed by atoms with Gasteiger partial charge < -0.3 is 51.2 Å². The number of piperazine rings is 1. The first-order valence-corrected chi connectivity index (χ1v) is 32.2. The number of piperidine rings is 2. The number of carbonyl (C=O) groups excluding carboxylic acids is 6. The van der Waals surface area contributed by atoms with Crippen molar-refractivity contribution in [2.24, 2.45) is 41.4 Å². The molecule has 12 rings (SSSR count). The quantitative estimate of drug-likeness (QED) is 0.108. The SMILES string of the molecule is C.CC.CC.CN[C@@H](C)C(=O)NC(C(=O)N1C[C@H]2CC3CC3N2C[C@H]1C(=O)N[C@@H]1CCOc2ccccc21)C1CCCCC1.CN[C@@H](C)C(=O)N[C@H](C(=O)N1C[C@H]2CC3CC3C2C[C@H]1C(=O)N[C@@H]1CCOc2ccccc21)C1CCCCC1. The molecule has 5 aliphatic heterocycles. The van der Waals surface area contributed by atoms with Gasteiger partial charge in [0.25, 0.3) is 0 Å². The highest BCUT2D eigenvalue weighted by Crippen LogP contribution is 2.61. The number of hydrogen-bond acceptors (Lipinski definition) is 11. The topological polar surface area (TPSA) is 203 Å². The van der Waals surface area contributed by atoms with E-state index in [1.165, 1.54) is 25.7 Å². The van der Waals surface area contributed by atoms with Crippen molar-refractivity contribution in [3.8, 4) is 11.5 Å². The second-order valence-corrected chi connectivity index (χ2v) is 25.0. The van der Waals surface area contributed by atoms with Crippen molar-refractivity contribution >= 4 is 35.4 Å². The van der Waals surface area contributed by atoms with Crippen molar-refractivity contribution < 1.29 is 38.2 Å². The fourth-order valence-corrected chi connectivity index (χ4v) is 15.4. The third-order valence-corrected chi connectivity index (χ3v) is 20.3. The monoisotopic (exact) mass is 1150 g/mol. The van der Waals surface area contributed by atoms with Gasteiger partial charge in [0, 0.05) is 55.7 Å². The average molecular weight is 1150 g/mol. The average Bonchev–Trinajstić information content (AvgIpc) is 3.87. The van der Waals surface area contributed by atoms with Crippen molar-refractivity contribution in [2.45, 2.75) is 219 Å². The smallest absolute Gasteiger partial charge is 0.246 e. The predicted octanol–water partition coefficient (Wildman–Crippen LogP) is 7.83. The van der Waals surface area contributed by atoms with Gasteiger partial charge in [0.1, 0.15) is 35.7 Å². The first kappa shape index (κ1) is 63.8. The Hall–Kier alpha value is -5.26. The Kier molecular flexibility index (Phi) is 22.4. The van der Waals surface area contributed by atoms with Crippen LogP contribution in [0.3, 0.4) is 0 Å². The lowest BCUT2D eigenvalue weighted by Crippen LogP contribution is -2.67. The van der Waals surface area contributed by atoms with Crippen molar-refractivity contribution in [1.82, 2.24) is 46.6 Å². The normalized spacial score (nSPS) is 30.5. The lowest BCUT2D eigenvalue weighted by Gasteiger charge is -2.46. The van der Waals surface area contributed by atoms with Crippen molar-refractivity contribution in [3.63, 3.8) is 0 Å². The van der Waals surface area contributed by atoms with E-state index in [2.05, 4.69) is 36.8 Å². The van der Waals surface area contributed by atoms with Gasteiger partial charge in [0.05, 0.1) is 37.4 Å². The third kappa shape index (κ3) is 14.4. The van der Waals surface area contributed by atoms with Crippen LogP contribution in [0.25, 0.3) is 0 Å². The van der Waals surface area contributed by atoms with Crippen LogP contribution in [0, 0.1) is 41.4 Å². The van der Waals surface area contributed by atoms with E-state index in [1.54, 1.807) is 14.1 Å². The molecule has 15 atom stereocenters. The summed E-state index contributed by atoms with van der Waals surface area (Å²) in [6.45, 7) is 14.5. The molecule has 2 aromatic carbocycles. The molecular weight excluding hydrogens is 1050 g/mol. The van der Waals surface area contributed by atoms with Crippen molar-refractivity contribution in [1.29, 1.82) is 0 Å². The molecule has 6 amide bonds. The zero-order valence-electron chi connectivity index (χ0n) is 50.6. The van der Waals surface area contributed by atoms with Crippen molar-refractivity contribution in [2.75, 3.05) is 46.9 Å². The van der Waals surface area contributed by atoms with Crippen LogP contribution in [0.15, 0.2) is 48.5 Å². The molecule has 0 radical (unpaired) electrons. The van der Waals surface area contributed by atoms with E-state index in [9.17, 15) is 28.8 Å². The van der Waals surface area contributed by atoms with Gasteiger partial charge in [0.2, 0.25) is 35.4 Å². The fraction of sp³-hybridized carbons (Fsp3) is 0.727. The van der Waals surface area contributed by atoms with Gasteiger partial charge in [-0.3, -0.25) is 33.7 Å². The van der Waals surface area contributed by atoms with Gasteiger partial charge in [-0.05, 0) is 139 Å². The summed E-state index contributed by atoms with van der Waals surface area (Å²) in [5.74, 6) is 4.36. The number of fused-ring (bicyclic) bond motifs is 8. The highest BCUT2D eigenvalue weighted by atomic mass is 16.5. The molecular formula is C66H103N9O8. The molecule has 0 bridgehead atoms. The molecule has 3 saturated heterocycles. The number of para-hydroxylation sites is 2. The summed E-state index contributed by atoms with van der Waals surface area (Å²) in [6, 6.07) is 13.3. The molecule has 8 fully saturated rings. The molecule has 5 aliphatic carbocycles. The minimum atomic E-state index is -0.602. The fourth-order valence-electron chi connectivity index (χ4n) is 15.4. The molecule has 83 heavy (non-hydrogen) atoms. The predicted molar refractivity (Wildman–Crippen MR) is 324 cm³/mol. The summed E-state index contributed by atoms with van der Waals surface area (Å²) in [6.07, 6.45) is 17.2. The number of ether oxygens (including phenoxy) is 2. The molecule has 5 saturated carbocycles. The Balaban J connectivity index is 0.000000202. The molecule has 0 aromatic heterocycles. The van der Waals surface area contributed by atoms with Gasteiger partial charge in [0.15, 0.2) is 0 Å². The minimum absolute atomic E-state index is 0. The number of hydrogen-bond donors (Lipinski definition) is 6. The molecule has 0 spiro atoms. The van der Waals surface area contributed by atoms with Crippen LogP contribution in [0.4, 0.5) is 0 Å². The third-order valence-electron chi connectivity index (χ3n) is 20.3. The molecule has 6 unspecified atom stereocenters. The molecule has 6 N–H and O–H groups in total. The highest BCUT2D eigenvalue weighted by molar-refractivity contribution is 5.95. The van der Waals surface area contributed by atoms with E-state index < -0.39 is 30.2 Å². The standard InChI is InChI=1S/C31H44N4O4.C30H43N5O4.2C2H6.CH4/c1-18(32-2)29(36)34-28(19-8-4-3-5-9-19)31(38)35-17-21-14-20-15-23(20)24(21)16-26(35)30(37)33-25-12-13-39-27-11-7-6-10-22(25)27;1-18(31-2)28(36)33-27(19-8-4-3-5-9-19)30(38)35-16-21-14-20-15-24(20)34(21)17-25(35)29(37)32-23-12-13-39-26-11-7-6-10-22(23)26;2*1-2;/h6-7,10-11,18-21,23-26,28,32H,3-5,8-9,12-17H2,1-2H3,(H,33,37)(H,34,36);6-7,10-11,18-21,23-25,27,31H,3-5,8-9,12-17H2,1-2H3,(H,32,37)(H,33,36);2*1-2H3;1H4/t18-,20?,21+,23?,24?,25+,26-,28-;18-,20?,21+,23+,24?,25-,27?;;;/m00.../s1. The summed E-state index contributed by atoms with van der Waals surface area (Å²) in [5, 5.41) is 18.8. The van der Waals surface area contributed by atoms with E-state index >= 15 is 0 Å². The molecule has 460 valence electrons. The molecule has 17 nitrogen and oxygen atoms in total. The van der Waals surface area contributed by atoms with Crippen molar-refractivity contribution in [3.05, 3.63) is 59.7 Å². The minimum Gasteiger partial charge on any atom is -0.493 e. The van der Waals surface area contributed by atoms with Crippen LogP contribution in [-0.4, -0.2) is 145 Å². The zero-order chi connectivity index (χ0) is 58.2. The Bertz CT molecular complexity index is 2350. The second-order valence-electron chi connectivity index (χ2n) is 25.0. The van der Waals surface area contributed by atoms with E-state index in [0.717, 1.165) is 105 Å². The number of nitrogens with one attached hydrogen (secondary N) is 6. The number of rotatable bonds is 14. The maximum atomic E-state index is 14.4. The number of amides is 6. The van der Waals surface area contributed by atoms with Crippen LogP contribution in [0.2, 0.25) is 0 Å². The zero-order valence-corrected chi connectivity index (χ0v) is 50.6. The van der Waals surface area contributed by atoms with Gasteiger partial charge >= 0.3 is 0 Å². The van der Waals surface area contributed by atoms with Crippen LogP contribution in [0.5, 0.6) is 11.5 Å². The Labute approximate surface area is 496 Å². The second kappa shape index (κ2) is 29.2. The van der Waals surface area contributed by atoms with E-state index in [-0.39, 0.29) is 72.8 Å². The number of carbonyl (C=O) groups is 6. The number of likely N-dealkylation sites (N-methyl/N-ethyl adjacent to an activating group) is 2. The molecule has 2 aromatic rings. The Morgan fingerprint density at radius 1 is 0.518 bits per heavy atom. The van der Waals surface area contributed by atoms with Gasteiger partial charge in [-0.1, -0.05) is 110 Å². The Morgan fingerprint density at radius 2 is 0.988 bits per heavy atom. The van der Waals surface area contributed by atoms with Crippen LogP contribution >= 0.6 is 0 Å². The van der Waals surface area contributed by atoms with Gasteiger partial charge in [-0.25, -0.2) is 0 Å². The van der Waals surface area contributed by atoms with Gasteiger partial charge in [-0.2, -0.15) is 0 Å². The number of benzene rings is 2. The summed E-state index contributed by atoms with van der Waals surface area (Å²) < 4.78 is 11.6. The number of likely N-dealkylation sites (tertiary alicyclic amines) is 1. The maximum absolute atomic E-state index is 14.4. The van der Waals surface area contributed by atoms with Crippen LogP contribution in [0.1, 0.15) is 181 Å². The first-order chi connectivity index (χ1) is 39.9. The summed E-state index contributed by atoms with van der Waals surface area (Å²) in [7, 11) is 3.51. The van der Waals surface area contributed by atoms with Gasteiger partial charge in [-0.15, -0.1) is 0 Å². The summed E-state index contributed by atoms with van der Waals surface area (Å²) >= 11 is 0.